The Morgan fingerprint density at radius 2 is 2.03 bits per heavy atom. The molecule has 0 aromatic heterocycles. The van der Waals surface area contributed by atoms with Crippen LogP contribution in [0.3, 0.4) is 0 Å². The van der Waals surface area contributed by atoms with E-state index in [1.807, 2.05) is 19.2 Å². The Kier molecular flexibility index (Phi) is 13.2. The lowest BCUT2D eigenvalue weighted by Crippen LogP contribution is -2.44. The van der Waals surface area contributed by atoms with Gasteiger partial charge in [-0.15, -0.1) is 24.0 Å². The number of para-hydroxylation sites is 2. The first-order valence-corrected chi connectivity index (χ1v) is 11.2. The molecular weight excluding hydrogens is 489 g/mol. The van der Waals surface area contributed by atoms with Gasteiger partial charge in [0.1, 0.15) is 5.75 Å². The van der Waals surface area contributed by atoms with Crippen molar-refractivity contribution in [2.24, 2.45) is 10.9 Å². The van der Waals surface area contributed by atoms with Crippen molar-refractivity contribution in [2.75, 3.05) is 58.3 Å². The third kappa shape index (κ3) is 8.49. The number of hydrogen-bond acceptors (Lipinski definition) is 4. The van der Waals surface area contributed by atoms with Gasteiger partial charge in [-0.25, -0.2) is 0 Å². The molecule has 2 atom stereocenters. The standard InChI is InChI=1S/C23H41N5O.HI/c1-6-27(7-2)15-10-11-19(3)26-23(24-4)25-17-20-14-16-28(18-20)21-12-8-9-13-22(21)29-5;/h8-9,12-13,19-20H,6-7,10-11,14-18H2,1-5H3,(H2,24,25,26);1H. The van der Waals surface area contributed by atoms with E-state index < -0.39 is 0 Å². The predicted molar refractivity (Wildman–Crippen MR) is 140 cm³/mol. The summed E-state index contributed by atoms with van der Waals surface area (Å²) in [6.45, 7) is 13.2. The Bertz CT molecular complexity index is 623. The van der Waals surface area contributed by atoms with Gasteiger partial charge in [-0.05, 0) is 63.9 Å². The second-order valence-electron chi connectivity index (χ2n) is 7.94. The average Bonchev–Trinajstić information content (AvgIpc) is 3.23. The molecular formula is C23H42IN5O. The van der Waals surface area contributed by atoms with Gasteiger partial charge in [0.15, 0.2) is 5.96 Å². The molecule has 0 radical (unpaired) electrons. The van der Waals surface area contributed by atoms with Crippen molar-refractivity contribution in [3.63, 3.8) is 0 Å². The number of aliphatic imine (C=N–C) groups is 1. The molecule has 0 spiro atoms. The summed E-state index contributed by atoms with van der Waals surface area (Å²) >= 11 is 0. The highest BCUT2D eigenvalue weighted by molar-refractivity contribution is 14.0. The van der Waals surface area contributed by atoms with Crippen LogP contribution < -0.4 is 20.3 Å². The maximum Gasteiger partial charge on any atom is 0.191 e. The summed E-state index contributed by atoms with van der Waals surface area (Å²) in [5.41, 5.74) is 1.20. The predicted octanol–water partition coefficient (Wildman–Crippen LogP) is 3.82. The van der Waals surface area contributed by atoms with Crippen LogP contribution in [0.15, 0.2) is 29.3 Å². The van der Waals surface area contributed by atoms with E-state index in [1.165, 1.54) is 25.1 Å². The summed E-state index contributed by atoms with van der Waals surface area (Å²) < 4.78 is 5.52. The van der Waals surface area contributed by atoms with Crippen LogP contribution in [-0.2, 0) is 0 Å². The van der Waals surface area contributed by atoms with Crippen molar-refractivity contribution in [3.8, 4) is 5.75 Å². The van der Waals surface area contributed by atoms with Crippen molar-refractivity contribution < 1.29 is 4.74 Å². The highest BCUT2D eigenvalue weighted by Gasteiger charge is 2.24. The van der Waals surface area contributed by atoms with Gasteiger partial charge in [0.25, 0.3) is 0 Å². The number of hydrogen-bond donors (Lipinski definition) is 2. The molecule has 1 aromatic carbocycles. The van der Waals surface area contributed by atoms with Gasteiger partial charge in [0, 0.05) is 32.7 Å². The third-order valence-corrected chi connectivity index (χ3v) is 5.88. The van der Waals surface area contributed by atoms with E-state index in [1.54, 1.807) is 7.11 Å². The lowest BCUT2D eigenvalue weighted by atomic mass is 10.1. The fourth-order valence-corrected chi connectivity index (χ4v) is 4.01. The molecule has 1 saturated heterocycles. The minimum Gasteiger partial charge on any atom is -0.495 e. The lowest BCUT2D eigenvalue weighted by Gasteiger charge is -2.23. The summed E-state index contributed by atoms with van der Waals surface area (Å²) in [6.07, 6.45) is 3.55. The number of halogens is 1. The van der Waals surface area contributed by atoms with Gasteiger partial charge < -0.3 is 25.2 Å². The largest absolute Gasteiger partial charge is 0.495 e. The zero-order chi connectivity index (χ0) is 21.1. The van der Waals surface area contributed by atoms with Gasteiger partial charge in [0.2, 0.25) is 0 Å². The lowest BCUT2D eigenvalue weighted by molar-refractivity contribution is 0.292. The molecule has 0 amide bonds. The van der Waals surface area contributed by atoms with Gasteiger partial charge in [0.05, 0.1) is 12.8 Å². The van der Waals surface area contributed by atoms with Crippen molar-refractivity contribution in [1.82, 2.24) is 15.5 Å². The summed E-state index contributed by atoms with van der Waals surface area (Å²) in [5, 5.41) is 7.08. The second kappa shape index (κ2) is 14.7. The van der Waals surface area contributed by atoms with Crippen LogP contribution in [-0.4, -0.2) is 70.3 Å². The van der Waals surface area contributed by atoms with Gasteiger partial charge in [-0.2, -0.15) is 0 Å². The van der Waals surface area contributed by atoms with Gasteiger partial charge in [-0.3, -0.25) is 4.99 Å². The summed E-state index contributed by atoms with van der Waals surface area (Å²) in [6, 6.07) is 8.71. The van der Waals surface area contributed by atoms with Crippen LogP contribution in [0.2, 0.25) is 0 Å². The zero-order valence-electron chi connectivity index (χ0n) is 19.5. The van der Waals surface area contributed by atoms with E-state index >= 15 is 0 Å². The Morgan fingerprint density at radius 1 is 1.30 bits per heavy atom. The average molecular weight is 532 g/mol. The Labute approximate surface area is 200 Å². The van der Waals surface area contributed by atoms with Crippen LogP contribution in [0.25, 0.3) is 0 Å². The molecule has 2 N–H and O–H groups in total. The Balaban J connectivity index is 0.00000450. The molecule has 7 heteroatoms. The minimum absolute atomic E-state index is 0. The molecule has 172 valence electrons. The van der Waals surface area contributed by atoms with Crippen LogP contribution in [0.4, 0.5) is 5.69 Å². The third-order valence-electron chi connectivity index (χ3n) is 5.88. The summed E-state index contributed by atoms with van der Waals surface area (Å²) in [7, 11) is 3.60. The molecule has 1 heterocycles. The fraction of sp³-hybridized carbons (Fsp3) is 0.696. The van der Waals surface area contributed by atoms with E-state index in [-0.39, 0.29) is 24.0 Å². The SMILES string of the molecule is CCN(CC)CCCC(C)NC(=NC)NCC1CCN(c2ccccc2OC)C1.I. The van der Waals surface area contributed by atoms with Gasteiger partial charge >= 0.3 is 0 Å². The molecule has 1 aliphatic heterocycles. The van der Waals surface area contributed by atoms with Crippen LogP contribution in [0.1, 0.15) is 40.0 Å². The first kappa shape index (κ1) is 26.8. The van der Waals surface area contributed by atoms with Crippen molar-refractivity contribution in [3.05, 3.63) is 24.3 Å². The Hall–Kier alpha value is -1.22. The first-order chi connectivity index (χ1) is 14.1. The maximum absolute atomic E-state index is 5.52. The number of methoxy groups -OCH3 is 1. The molecule has 1 aromatic rings. The minimum atomic E-state index is 0. The second-order valence-corrected chi connectivity index (χ2v) is 7.94. The fourth-order valence-electron chi connectivity index (χ4n) is 4.01. The van der Waals surface area contributed by atoms with Crippen molar-refractivity contribution >= 4 is 35.6 Å². The summed E-state index contributed by atoms with van der Waals surface area (Å²) in [5.74, 6) is 2.48. The van der Waals surface area contributed by atoms with Crippen molar-refractivity contribution in [2.45, 2.75) is 46.1 Å². The van der Waals surface area contributed by atoms with Crippen LogP contribution in [0, 0.1) is 5.92 Å². The van der Waals surface area contributed by atoms with Crippen LogP contribution in [0.5, 0.6) is 5.75 Å². The molecule has 2 unspecified atom stereocenters. The highest BCUT2D eigenvalue weighted by atomic mass is 127. The topological polar surface area (TPSA) is 52.1 Å². The molecule has 0 aliphatic carbocycles. The van der Waals surface area contributed by atoms with E-state index in [2.05, 4.69) is 58.3 Å². The number of nitrogens with one attached hydrogen (secondary N) is 2. The van der Waals surface area contributed by atoms with Crippen molar-refractivity contribution in [1.29, 1.82) is 0 Å². The van der Waals surface area contributed by atoms with E-state index in [0.717, 1.165) is 50.9 Å². The quantitative estimate of drug-likeness (QED) is 0.259. The normalized spacial score (nSPS) is 17.6. The molecule has 1 fully saturated rings. The number of rotatable bonds is 11. The molecule has 1 aliphatic rings. The zero-order valence-corrected chi connectivity index (χ0v) is 21.8. The van der Waals surface area contributed by atoms with E-state index in [9.17, 15) is 0 Å². The molecule has 0 bridgehead atoms. The number of anilines is 1. The molecule has 6 nitrogen and oxygen atoms in total. The monoisotopic (exact) mass is 531 g/mol. The molecule has 30 heavy (non-hydrogen) atoms. The number of benzene rings is 1. The number of ether oxygens (including phenoxy) is 1. The van der Waals surface area contributed by atoms with Crippen LogP contribution >= 0.6 is 24.0 Å². The van der Waals surface area contributed by atoms with E-state index in [4.69, 9.17) is 4.74 Å². The smallest absolute Gasteiger partial charge is 0.191 e. The maximum atomic E-state index is 5.52. The number of guanidine groups is 1. The Morgan fingerprint density at radius 3 is 2.70 bits per heavy atom. The van der Waals surface area contributed by atoms with Gasteiger partial charge in [-0.1, -0.05) is 26.0 Å². The first-order valence-electron chi connectivity index (χ1n) is 11.2. The molecule has 2 rings (SSSR count). The highest BCUT2D eigenvalue weighted by Crippen LogP contribution is 2.31. The van der Waals surface area contributed by atoms with E-state index in [0.29, 0.717) is 12.0 Å². The summed E-state index contributed by atoms with van der Waals surface area (Å²) in [4.78, 5) is 9.33. The molecule has 0 saturated carbocycles. The number of nitrogens with zero attached hydrogens (tertiary/aromatic N) is 3.